The number of aryl methyl sites for hydroxylation is 1. The van der Waals surface area contributed by atoms with Crippen LogP contribution in [-0.2, 0) is 16.0 Å². The minimum Gasteiger partial charge on any atom is -0.469 e. The first kappa shape index (κ1) is 11.3. The van der Waals surface area contributed by atoms with Crippen LogP contribution in [0.2, 0.25) is 0 Å². The maximum atomic E-state index is 11.8. The summed E-state index contributed by atoms with van der Waals surface area (Å²) in [6, 6.07) is 0. The fourth-order valence-corrected chi connectivity index (χ4v) is 2.65. The molecule has 1 aliphatic heterocycles. The number of furan rings is 1. The molecule has 2 bridgehead atoms. The van der Waals surface area contributed by atoms with Crippen LogP contribution in [0.5, 0.6) is 0 Å². The molecule has 0 saturated carbocycles. The Kier molecular flexibility index (Phi) is 2.62. The summed E-state index contributed by atoms with van der Waals surface area (Å²) >= 11 is 0. The van der Waals surface area contributed by atoms with Crippen LogP contribution in [0.25, 0.3) is 0 Å². The van der Waals surface area contributed by atoms with Gasteiger partial charge in [0, 0.05) is 24.0 Å². The van der Waals surface area contributed by atoms with E-state index in [-0.39, 0.29) is 12.1 Å². The summed E-state index contributed by atoms with van der Waals surface area (Å²) in [4.78, 5) is 11.8. The van der Waals surface area contributed by atoms with Gasteiger partial charge in [-0.25, -0.2) is 4.79 Å². The summed E-state index contributed by atoms with van der Waals surface area (Å²) in [6.45, 7) is 4.15. The Hall–Kier alpha value is -1.77. The fourth-order valence-electron chi connectivity index (χ4n) is 2.65. The highest BCUT2D eigenvalue weighted by Gasteiger charge is 2.34. The van der Waals surface area contributed by atoms with Crippen molar-refractivity contribution in [1.29, 1.82) is 0 Å². The van der Waals surface area contributed by atoms with Crippen molar-refractivity contribution in [3.8, 4) is 0 Å². The molecule has 2 aliphatic rings. The predicted molar refractivity (Wildman–Crippen MR) is 67.0 cm³/mol. The van der Waals surface area contributed by atoms with E-state index < -0.39 is 0 Å². The molecular formula is C15H16O3. The average molecular weight is 244 g/mol. The first-order chi connectivity index (χ1) is 8.65. The fraction of sp³-hybridized carbons (Fsp3) is 0.400. The molecule has 3 heteroatoms. The highest BCUT2D eigenvalue weighted by atomic mass is 16.5. The van der Waals surface area contributed by atoms with Crippen molar-refractivity contribution >= 4 is 5.97 Å². The number of carbonyl (C=O) groups is 1. The summed E-state index contributed by atoms with van der Waals surface area (Å²) < 4.78 is 11.1. The molecule has 1 aromatic heterocycles. The van der Waals surface area contributed by atoms with Crippen molar-refractivity contribution in [3.05, 3.63) is 47.0 Å². The van der Waals surface area contributed by atoms with Gasteiger partial charge in [-0.05, 0) is 18.4 Å². The number of rotatable bonds is 0. The monoisotopic (exact) mass is 244 g/mol. The van der Waals surface area contributed by atoms with Gasteiger partial charge in [-0.3, -0.25) is 0 Å². The van der Waals surface area contributed by atoms with Crippen LogP contribution in [0.15, 0.2) is 34.5 Å². The lowest BCUT2D eigenvalue weighted by atomic mass is 9.95. The van der Waals surface area contributed by atoms with Crippen molar-refractivity contribution in [3.63, 3.8) is 0 Å². The van der Waals surface area contributed by atoms with Gasteiger partial charge < -0.3 is 9.15 Å². The number of hydrogen-bond donors (Lipinski definition) is 0. The molecule has 1 aliphatic carbocycles. The molecule has 94 valence electrons. The zero-order valence-corrected chi connectivity index (χ0v) is 10.6. The third-order valence-electron chi connectivity index (χ3n) is 3.59. The Labute approximate surface area is 106 Å². The first-order valence-electron chi connectivity index (χ1n) is 6.30. The Balaban J connectivity index is 2.10. The zero-order chi connectivity index (χ0) is 12.7. The lowest BCUT2D eigenvalue weighted by Crippen LogP contribution is -2.04. The predicted octanol–water partition coefficient (Wildman–Crippen LogP) is 3.25. The van der Waals surface area contributed by atoms with Gasteiger partial charge in [0.15, 0.2) is 0 Å². The number of fused-ring (bicyclic) bond motifs is 4. The summed E-state index contributed by atoms with van der Waals surface area (Å²) in [7, 11) is 0. The standard InChI is InChI=1S/C15H16O3/c1-9-4-3-5-11-7-13(18-15(11)16)14-10(2)8-17-12(14)6-9/h3-5,8-9,13H,6-7H2,1-2H3. The van der Waals surface area contributed by atoms with Gasteiger partial charge in [-0.15, -0.1) is 0 Å². The van der Waals surface area contributed by atoms with Crippen molar-refractivity contribution in [2.24, 2.45) is 5.92 Å². The second-order valence-electron chi connectivity index (χ2n) is 5.11. The van der Waals surface area contributed by atoms with Crippen LogP contribution in [0.4, 0.5) is 0 Å². The molecule has 2 heterocycles. The molecule has 18 heavy (non-hydrogen) atoms. The highest BCUT2D eigenvalue weighted by Crippen LogP contribution is 2.38. The second kappa shape index (κ2) is 4.16. The number of allylic oxidation sites excluding steroid dienone is 3. The van der Waals surface area contributed by atoms with Gasteiger partial charge >= 0.3 is 5.97 Å². The third kappa shape index (κ3) is 1.80. The minimum atomic E-state index is -0.203. The van der Waals surface area contributed by atoms with E-state index in [0.29, 0.717) is 12.3 Å². The molecule has 2 unspecified atom stereocenters. The summed E-state index contributed by atoms with van der Waals surface area (Å²) in [5.41, 5.74) is 2.88. The number of esters is 1. The maximum absolute atomic E-state index is 11.8. The molecule has 1 fully saturated rings. The average Bonchev–Trinajstić information content (AvgIpc) is 2.83. The molecule has 2 atom stereocenters. The zero-order valence-electron chi connectivity index (χ0n) is 10.6. The molecular weight excluding hydrogens is 228 g/mol. The van der Waals surface area contributed by atoms with Gasteiger partial charge in [0.1, 0.15) is 11.9 Å². The quantitative estimate of drug-likeness (QED) is 0.658. The molecule has 0 radical (unpaired) electrons. The van der Waals surface area contributed by atoms with Crippen LogP contribution >= 0.6 is 0 Å². The number of carbonyl (C=O) groups excluding carboxylic acids is 1. The van der Waals surface area contributed by atoms with E-state index in [2.05, 4.69) is 13.0 Å². The van der Waals surface area contributed by atoms with Crippen molar-refractivity contribution in [2.75, 3.05) is 0 Å². The summed E-state index contributed by atoms with van der Waals surface area (Å²) in [6.07, 6.45) is 9.00. The van der Waals surface area contributed by atoms with E-state index >= 15 is 0 Å². The molecule has 0 N–H and O–H groups in total. The van der Waals surface area contributed by atoms with Crippen molar-refractivity contribution < 1.29 is 13.9 Å². The van der Waals surface area contributed by atoms with E-state index in [1.54, 1.807) is 6.26 Å². The largest absolute Gasteiger partial charge is 0.469 e. The number of hydrogen-bond acceptors (Lipinski definition) is 3. The topological polar surface area (TPSA) is 39.4 Å². The molecule has 1 aromatic rings. The van der Waals surface area contributed by atoms with E-state index in [9.17, 15) is 4.79 Å². The third-order valence-corrected chi connectivity index (χ3v) is 3.59. The molecule has 0 amide bonds. The van der Waals surface area contributed by atoms with Gasteiger partial charge in [-0.2, -0.15) is 0 Å². The van der Waals surface area contributed by atoms with Gasteiger partial charge in [-0.1, -0.05) is 25.2 Å². The Bertz CT molecular complexity index is 548. The lowest BCUT2D eigenvalue weighted by Gasteiger charge is -2.12. The Morgan fingerprint density at radius 3 is 3.00 bits per heavy atom. The highest BCUT2D eigenvalue weighted by molar-refractivity contribution is 5.91. The molecule has 0 aromatic carbocycles. The molecule has 3 rings (SSSR count). The van der Waals surface area contributed by atoms with Gasteiger partial charge in [0.2, 0.25) is 0 Å². The molecule has 0 spiro atoms. The molecule has 1 saturated heterocycles. The van der Waals surface area contributed by atoms with E-state index in [1.807, 2.05) is 19.1 Å². The van der Waals surface area contributed by atoms with Crippen LogP contribution in [0, 0.1) is 12.8 Å². The Morgan fingerprint density at radius 2 is 2.17 bits per heavy atom. The van der Waals surface area contributed by atoms with E-state index in [1.165, 1.54) is 0 Å². The van der Waals surface area contributed by atoms with E-state index in [4.69, 9.17) is 9.15 Å². The van der Waals surface area contributed by atoms with Crippen LogP contribution in [0.3, 0.4) is 0 Å². The van der Waals surface area contributed by atoms with Crippen molar-refractivity contribution in [1.82, 2.24) is 0 Å². The van der Waals surface area contributed by atoms with Crippen LogP contribution in [0.1, 0.15) is 36.3 Å². The van der Waals surface area contributed by atoms with Crippen LogP contribution < -0.4 is 0 Å². The maximum Gasteiger partial charge on any atom is 0.334 e. The Morgan fingerprint density at radius 1 is 1.33 bits per heavy atom. The lowest BCUT2D eigenvalue weighted by molar-refractivity contribution is -0.139. The first-order valence-corrected chi connectivity index (χ1v) is 6.30. The van der Waals surface area contributed by atoms with Gasteiger partial charge in [0.25, 0.3) is 0 Å². The van der Waals surface area contributed by atoms with E-state index in [0.717, 1.165) is 28.9 Å². The minimum absolute atomic E-state index is 0.170. The van der Waals surface area contributed by atoms with Gasteiger partial charge in [0.05, 0.1) is 6.26 Å². The molecule has 3 nitrogen and oxygen atoms in total. The summed E-state index contributed by atoms with van der Waals surface area (Å²) in [5, 5.41) is 0. The van der Waals surface area contributed by atoms with Crippen LogP contribution in [-0.4, -0.2) is 5.97 Å². The SMILES string of the molecule is Cc1coc2c1C1CC(=CC=CC(C)C2)C(=O)O1. The normalized spacial score (nSPS) is 26.6. The number of ether oxygens (including phenoxy) is 1. The summed E-state index contributed by atoms with van der Waals surface area (Å²) in [5.74, 6) is 1.13. The second-order valence-corrected chi connectivity index (χ2v) is 5.11. The smallest absolute Gasteiger partial charge is 0.334 e. The van der Waals surface area contributed by atoms with Crippen molar-refractivity contribution in [2.45, 2.75) is 32.8 Å².